The van der Waals surface area contributed by atoms with Crippen LogP contribution in [-0.2, 0) is 28.9 Å². The predicted octanol–water partition coefficient (Wildman–Crippen LogP) is 2.13. The number of nitrogens with one attached hydrogen (secondary N) is 5. The third-order valence-electron chi connectivity index (χ3n) is 8.00. The monoisotopic (exact) mass is 677 g/mol. The number of benzene rings is 1. The molecule has 264 valence electrons. The molecule has 0 bridgehead atoms. The van der Waals surface area contributed by atoms with E-state index >= 15 is 0 Å². The summed E-state index contributed by atoms with van der Waals surface area (Å²) in [4.78, 5) is 38.0. The molecule has 15 heteroatoms. The standard InChI is InChI=1S/C30H47N9O5S.2CH4/c1-38(2)23(17-21-7-9-24(40)10-8-21)18-33-29(42)32-12-11-22-19-39(37-36-22)14-16-44-15-13-31-27(41)6-4-3-5-26-28-25(20-45-26)34-30(43)35-28;;/h7-10,19,23,25-26,28,40H,3-6,11-18,20H2,1-2H3,(H,31,41)(H2,32,33,42)(H2,34,35,43);2*1H4/t23-,25-,26+,28-;;/m0../s1. The van der Waals surface area contributed by atoms with Crippen molar-refractivity contribution in [3.8, 4) is 5.75 Å². The van der Waals surface area contributed by atoms with Gasteiger partial charge in [-0.2, -0.15) is 11.8 Å². The van der Waals surface area contributed by atoms with Crippen molar-refractivity contribution in [2.75, 3.05) is 52.7 Å². The molecule has 0 radical (unpaired) electrons. The zero-order valence-electron chi connectivity index (χ0n) is 26.2. The molecule has 1 aromatic carbocycles. The van der Waals surface area contributed by atoms with Crippen LogP contribution in [0.2, 0.25) is 0 Å². The number of aromatic nitrogens is 3. The van der Waals surface area contributed by atoms with Crippen molar-refractivity contribution in [2.24, 2.45) is 0 Å². The second kappa shape index (κ2) is 20.6. The van der Waals surface area contributed by atoms with E-state index in [0.717, 1.165) is 42.7 Å². The van der Waals surface area contributed by atoms with Crippen LogP contribution in [0.4, 0.5) is 9.59 Å². The number of thioether (sulfide) groups is 1. The first kappa shape index (κ1) is 39.6. The quantitative estimate of drug-likeness (QED) is 0.0962. The minimum absolute atomic E-state index is 0. The first-order valence-corrected chi connectivity index (χ1v) is 16.7. The highest BCUT2D eigenvalue weighted by atomic mass is 32.2. The van der Waals surface area contributed by atoms with Crippen molar-refractivity contribution in [1.29, 1.82) is 0 Å². The fourth-order valence-electron chi connectivity index (χ4n) is 5.37. The van der Waals surface area contributed by atoms with Gasteiger partial charge in [-0.1, -0.05) is 38.6 Å². The van der Waals surface area contributed by atoms with Crippen LogP contribution in [0.1, 0.15) is 51.8 Å². The Morgan fingerprint density at radius 1 is 1.11 bits per heavy atom. The van der Waals surface area contributed by atoms with Gasteiger partial charge in [0.1, 0.15) is 5.75 Å². The molecule has 14 nitrogen and oxygen atoms in total. The Balaban J connectivity index is 0.00000384. The minimum atomic E-state index is -0.236. The Bertz CT molecular complexity index is 1230. The van der Waals surface area contributed by atoms with Gasteiger partial charge in [0, 0.05) is 55.7 Å². The number of aromatic hydroxyl groups is 1. The third-order valence-corrected chi connectivity index (χ3v) is 9.51. The highest BCUT2D eigenvalue weighted by Gasteiger charge is 2.42. The first-order chi connectivity index (χ1) is 21.8. The summed E-state index contributed by atoms with van der Waals surface area (Å²) in [6.45, 7) is 2.79. The molecule has 6 N–H and O–H groups in total. The molecule has 2 aromatic rings. The van der Waals surface area contributed by atoms with E-state index in [9.17, 15) is 19.5 Å². The summed E-state index contributed by atoms with van der Waals surface area (Å²) in [7, 11) is 3.95. The Hall–Kier alpha value is -3.56. The van der Waals surface area contributed by atoms with E-state index in [1.165, 1.54) is 0 Å². The van der Waals surface area contributed by atoms with Crippen LogP contribution in [0.3, 0.4) is 0 Å². The number of phenols is 1. The van der Waals surface area contributed by atoms with Gasteiger partial charge in [0.15, 0.2) is 0 Å². The molecule has 3 heterocycles. The largest absolute Gasteiger partial charge is 0.508 e. The van der Waals surface area contributed by atoms with Crippen molar-refractivity contribution in [3.05, 3.63) is 41.7 Å². The van der Waals surface area contributed by atoms with E-state index in [1.807, 2.05) is 44.2 Å². The Labute approximate surface area is 283 Å². The van der Waals surface area contributed by atoms with E-state index in [0.29, 0.717) is 57.5 Å². The number of hydrogen-bond donors (Lipinski definition) is 6. The number of urea groups is 2. The van der Waals surface area contributed by atoms with Gasteiger partial charge in [0.05, 0.1) is 37.5 Å². The average molecular weight is 678 g/mol. The summed E-state index contributed by atoms with van der Waals surface area (Å²) in [5.41, 5.74) is 1.86. The highest BCUT2D eigenvalue weighted by molar-refractivity contribution is 8.00. The average Bonchev–Trinajstić information content (AvgIpc) is 3.72. The van der Waals surface area contributed by atoms with E-state index < -0.39 is 0 Å². The van der Waals surface area contributed by atoms with Crippen molar-refractivity contribution in [2.45, 2.75) is 83.3 Å². The lowest BCUT2D eigenvalue weighted by molar-refractivity contribution is -0.121. The predicted molar refractivity (Wildman–Crippen MR) is 186 cm³/mol. The SMILES string of the molecule is C.C.CN(C)[C@H](CNC(=O)NCCc1cn(CCOCCNC(=O)CCCC[C@H]2SC[C@@H]3NC(=O)N[C@@H]32)nn1)Cc1ccc(O)cc1. The van der Waals surface area contributed by atoms with Crippen molar-refractivity contribution in [1.82, 2.24) is 46.5 Å². The number of phenolic OH excluding ortho intramolecular Hbond substituents is 1. The number of carbonyl (C=O) groups is 3. The van der Waals surface area contributed by atoms with E-state index in [2.05, 4.69) is 41.8 Å². The maximum atomic E-state index is 12.3. The molecular weight excluding hydrogens is 622 g/mol. The number of unbranched alkanes of at least 4 members (excludes halogenated alkanes) is 1. The second-order valence-electron chi connectivity index (χ2n) is 11.7. The maximum Gasteiger partial charge on any atom is 0.315 e. The molecule has 0 unspecified atom stereocenters. The number of likely N-dealkylation sites (N-methyl/N-ethyl adjacent to an activating group) is 1. The molecule has 4 rings (SSSR count). The molecule has 4 atom stereocenters. The molecule has 2 saturated heterocycles. The summed E-state index contributed by atoms with van der Waals surface area (Å²) in [5.74, 6) is 1.22. The number of hydrogen-bond acceptors (Lipinski definition) is 9. The lowest BCUT2D eigenvalue weighted by Gasteiger charge is -2.25. The summed E-state index contributed by atoms with van der Waals surface area (Å²) in [6.07, 6.45) is 6.43. The molecule has 2 fully saturated rings. The zero-order chi connectivity index (χ0) is 32.0. The Kier molecular flexibility index (Phi) is 17.4. The molecule has 0 spiro atoms. The summed E-state index contributed by atoms with van der Waals surface area (Å²) in [5, 5.41) is 32.8. The normalized spacial score (nSPS) is 18.7. The first-order valence-electron chi connectivity index (χ1n) is 15.6. The lowest BCUT2D eigenvalue weighted by Crippen LogP contribution is -2.45. The molecule has 0 saturated carbocycles. The third kappa shape index (κ3) is 13.6. The van der Waals surface area contributed by atoms with E-state index in [4.69, 9.17) is 4.74 Å². The summed E-state index contributed by atoms with van der Waals surface area (Å²) in [6, 6.07) is 7.37. The minimum Gasteiger partial charge on any atom is -0.508 e. The molecule has 1 aromatic heterocycles. The maximum absolute atomic E-state index is 12.3. The van der Waals surface area contributed by atoms with Crippen LogP contribution in [-0.4, -0.2) is 119 Å². The number of carbonyl (C=O) groups excluding carboxylic acids is 3. The molecule has 2 aliphatic heterocycles. The Morgan fingerprint density at radius 3 is 2.66 bits per heavy atom. The van der Waals surface area contributed by atoms with Gasteiger partial charge in [0.2, 0.25) is 5.91 Å². The van der Waals surface area contributed by atoms with Gasteiger partial charge < -0.3 is 41.3 Å². The number of amides is 5. The smallest absolute Gasteiger partial charge is 0.315 e. The lowest BCUT2D eigenvalue weighted by atomic mass is 10.0. The van der Waals surface area contributed by atoms with Crippen LogP contribution in [0, 0.1) is 0 Å². The molecule has 0 aliphatic carbocycles. The number of ether oxygens (including phenoxy) is 1. The van der Waals surface area contributed by atoms with Crippen LogP contribution in [0.25, 0.3) is 0 Å². The van der Waals surface area contributed by atoms with Gasteiger partial charge in [-0.3, -0.25) is 4.79 Å². The molecule has 2 aliphatic rings. The molecule has 5 amide bonds. The van der Waals surface area contributed by atoms with Crippen molar-refractivity contribution < 1.29 is 24.2 Å². The van der Waals surface area contributed by atoms with Crippen LogP contribution in [0.5, 0.6) is 5.75 Å². The van der Waals surface area contributed by atoms with Crippen molar-refractivity contribution in [3.63, 3.8) is 0 Å². The second-order valence-corrected chi connectivity index (χ2v) is 12.9. The molecule has 47 heavy (non-hydrogen) atoms. The summed E-state index contributed by atoms with van der Waals surface area (Å²) < 4.78 is 7.34. The van der Waals surface area contributed by atoms with E-state index in [1.54, 1.807) is 16.8 Å². The topological polar surface area (TPSA) is 175 Å². The number of rotatable bonds is 19. The van der Waals surface area contributed by atoms with Crippen LogP contribution >= 0.6 is 11.8 Å². The van der Waals surface area contributed by atoms with Gasteiger partial charge in [0.25, 0.3) is 0 Å². The molecular formula is C32H55N9O5S. The van der Waals surface area contributed by atoms with Gasteiger partial charge >= 0.3 is 12.1 Å². The van der Waals surface area contributed by atoms with Crippen molar-refractivity contribution >= 4 is 29.7 Å². The summed E-state index contributed by atoms with van der Waals surface area (Å²) >= 11 is 1.90. The van der Waals surface area contributed by atoms with Crippen LogP contribution < -0.4 is 26.6 Å². The van der Waals surface area contributed by atoms with Gasteiger partial charge in [-0.05, 0) is 51.1 Å². The number of fused-ring (bicyclic) bond motifs is 1. The van der Waals surface area contributed by atoms with Gasteiger partial charge in [-0.25, -0.2) is 14.3 Å². The highest BCUT2D eigenvalue weighted by Crippen LogP contribution is 2.33. The fraction of sp³-hybridized carbons (Fsp3) is 0.656. The van der Waals surface area contributed by atoms with Crippen LogP contribution in [0.15, 0.2) is 30.5 Å². The zero-order valence-corrected chi connectivity index (χ0v) is 27.0. The van der Waals surface area contributed by atoms with Gasteiger partial charge in [-0.15, -0.1) is 5.10 Å². The Morgan fingerprint density at radius 2 is 1.89 bits per heavy atom. The van der Waals surface area contributed by atoms with E-state index in [-0.39, 0.29) is 56.7 Å². The number of nitrogens with zero attached hydrogens (tertiary/aromatic N) is 4. The fourth-order valence-corrected chi connectivity index (χ4v) is 6.91.